The molecule has 2 heterocycles. The highest BCUT2D eigenvalue weighted by Gasteiger charge is 2.23. The monoisotopic (exact) mass is 275 g/mol. The number of thiophene rings is 1. The van der Waals surface area contributed by atoms with Gasteiger partial charge in [-0.3, -0.25) is 0 Å². The molecule has 74 valence electrons. The summed E-state index contributed by atoms with van der Waals surface area (Å²) < 4.78 is 0.757. The van der Waals surface area contributed by atoms with Crippen molar-refractivity contribution < 1.29 is 14.7 Å². The van der Waals surface area contributed by atoms with Gasteiger partial charge in [0.25, 0.3) is 0 Å². The molecule has 1 unspecified atom stereocenters. The quantitative estimate of drug-likeness (QED) is 0.903. The molecule has 1 atom stereocenters. The summed E-state index contributed by atoms with van der Waals surface area (Å²) in [5, 5.41) is 12.5. The van der Waals surface area contributed by atoms with E-state index in [-0.39, 0.29) is 6.10 Å². The first-order chi connectivity index (χ1) is 6.66. The SMILES string of the molecule is O=C(O)c1ccc(C2CC(Br)=NO2)s1. The molecule has 1 aliphatic rings. The highest BCUT2D eigenvalue weighted by atomic mass is 79.9. The van der Waals surface area contributed by atoms with Gasteiger partial charge in [0.1, 0.15) is 9.50 Å². The predicted octanol–water partition coefficient (Wildman–Crippen LogP) is 2.62. The van der Waals surface area contributed by atoms with Crippen LogP contribution in [0.2, 0.25) is 0 Å². The standard InChI is InChI=1S/C8H6BrNO3S/c9-7-3-4(13-10-7)5-1-2-6(14-5)8(11)12/h1-2,4H,3H2,(H,11,12). The lowest BCUT2D eigenvalue weighted by molar-refractivity contribution is 0.0702. The highest BCUT2D eigenvalue weighted by Crippen LogP contribution is 2.33. The molecule has 1 aromatic rings. The lowest BCUT2D eigenvalue weighted by Gasteiger charge is -2.02. The van der Waals surface area contributed by atoms with Gasteiger partial charge in [-0.15, -0.1) is 11.3 Å². The fourth-order valence-electron chi connectivity index (χ4n) is 1.14. The Labute approximate surface area is 92.3 Å². The van der Waals surface area contributed by atoms with Crippen LogP contribution in [0, 0.1) is 0 Å². The van der Waals surface area contributed by atoms with Crippen LogP contribution in [0.25, 0.3) is 0 Å². The largest absolute Gasteiger partial charge is 0.477 e. The normalized spacial score (nSPS) is 20.4. The van der Waals surface area contributed by atoms with E-state index in [0.29, 0.717) is 11.3 Å². The van der Waals surface area contributed by atoms with Crippen molar-refractivity contribution in [3.8, 4) is 0 Å². The van der Waals surface area contributed by atoms with Crippen LogP contribution < -0.4 is 0 Å². The first kappa shape index (κ1) is 9.67. The van der Waals surface area contributed by atoms with Crippen molar-refractivity contribution in [2.75, 3.05) is 0 Å². The van der Waals surface area contributed by atoms with Gasteiger partial charge in [-0.2, -0.15) is 0 Å². The Kier molecular flexibility index (Phi) is 2.56. The Morgan fingerprint density at radius 3 is 3.00 bits per heavy atom. The van der Waals surface area contributed by atoms with E-state index >= 15 is 0 Å². The summed E-state index contributed by atoms with van der Waals surface area (Å²) in [4.78, 5) is 16.9. The summed E-state index contributed by atoms with van der Waals surface area (Å²) in [6.07, 6.45) is 0.530. The zero-order valence-electron chi connectivity index (χ0n) is 6.94. The first-order valence-electron chi connectivity index (χ1n) is 3.88. The number of hydrogen-bond acceptors (Lipinski definition) is 4. The number of halogens is 1. The maximum absolute atomic E-state index is 10.6. The van der Waals surface area contributed by atoms with Crippen LogP contribution in [0.1, 0.15) is 27.1 Å². The Hall–Kier alpha value is -0.880. The number of hydrogen-bond donors (Lipinski definition) is 1. The molecule has 0 spiro atoms. The minimum atomic E-state index is -0.903. The molecule has 0 saturated carbocycles. The van der Waals surface area contributed by atoms with Crippen molar-refractivity contribution in [2.24, 2.45) is 5.16 Å². The summed E-state index contributed by atoms with van der Waals surface area (Å²) in [6, 6.07) is 3.35. The number of rotatable bonds is 2. The van der Waals surface area contributed by atoms with Crippen molar-refractivity contribution >= 4 is 37.9 Å². The van der Waals surface area contributed by atoms with Gasteiger partial charge in [0.15, 0.2) is 6.10 Å². The van der Waals surface area contributed by atoms with E-state index in [1.807, 2.05) is 0 Å². The van der Waals surface area contributed by atoms with Crippen LogP contribution in [0.5, 0.6) is 0 Å². The number of aromatic carboxylic acids is 1. The van der Waals surface area contributed by atoms with Crippen LogP contribution in [0.15, 0.2) is 17.3 Å². The molecule has 0 bridgehead atoms. The van der Waals surface area contributed by atoms with Crippen molar-refractivity contribution in [2.45, 2.75) is 12.5 Å². The maximum atomic E-state index is 10.6. The van der Waals surface area contributed by atoms with E-state index in [1.54, 1.807) is 12.1 Å². The van der Waals surface area contributed by atoms with Crippen molar-refractivity contribution in [3.63, 3.8) is 0 Å². The van der Waals surface area contributed by atoms with Crippen LogP contribution in [0.3, 0.4) is 0 Å². The van der Waals surface area contributed by atoms with Crippen LogP contribution in [-0.2, 0) is 4.84 Å². The molecule has 6 heteroatoms. The van der Waals surface area contributed by atoms with Crippen molar-refractivity contribution in [1.82, 2.24) is 0 Å². The van der Waals surface area contributed by atoms with Crippen LogP contribution in [-0.4, -0.2) is 15.7 Å². The zero-order chi connectivity index (χ0) is 10.1. The van der Waals surface area contributed by atoms with Gasteiger partial charge in [0, 0.05) is 11.3 Å². The van der Waals surface area contributed by atoms with E-state index in [0.717, 1.165) is 9.50 Å². The number of oxime groups is 1. The Bertz CT molecular complexity index is 401. The van der Waals surface area contributed by atoms with E-state index in [4.69, 9.17) is 9.94 Å². The summed E-state index contributed by atoms with van der Waals surface area (Å²) in [5.74, 6) is -0.903. The summed E-state index contributed by atoms with van der Waals surface area (Å²) in [5.41, 5.74) is 0. The van der Waals surface area contributed by atoms with E-state index < -0.39 is 5.97 Å². The molecule has 0 amide bonds. The van der Waals surface area contributed by atoms with Crippen LogP contribution >= 0.6 is 27.3 Å². The zero-order valence-corrected chi connectivity index (χ0v) is 9.34. The molecule has 0 radical (unpaired) electrons. The number of nitrogens with zero attached hydrogens (tertiary/aromatic N) is 1. The topological polar surface area (TPSA) is 58.9 Å². The van der Waals surface area contributed by atoms with E-state index in [1.165, 1.54) is 11.3 Å². The fourth-order valence-corrected chi connectivity index (χ4v) is 2.39. The molecule has 4 nitrogen and oxygen atoms in total. The fraction of sp³-hybridized carbons (Fsp3) is 0.250. The van der Waals surface area contributed by atoms with Gasteiger partial charge >= 0.3 is 5.97 Å². The second-order valence-electron chi connectivity index (χ2n) is 2.77. The third-order valence-electron chi connectivity index (χ3n) is 1.79. The lowest BCUT2D eigenvalue weighted by atomic mass is 10.2. The smallest absolute Gasteiger partial charge is 0.345 e. The molecule has 0 fully saturated rings. The summed E-state index contributed by atoms with van der Waals surface area (Å²) in [6.45, 7) is 0. The van der Waals surface area contributed by atoms with E-state index in [9.17, 15) is 4.79 Å². The molecule has 1 aliphatic heterocycles. The summed E-state index contributed by atoms with van der Waals surface area (Å²) >= 11 is 4.45. The van der Waals surface area contributed by atoms with Gasteiger partial charge in [0.2, 0.25) is 0 Å². The average molecular weight is 276 g/mol. The molecular formula is C8H6BrNO3S. The van der Waals surface area contributed by atoms with Gasteiger partial charge in [-0.25, -0.2) is 4.79 Å². The predicted molar refractivity (Wildman–Crippen MR) is 56.1 cm³/mol. The number of carbonyl (C=O) groups is 1. The lowest BCUT2D eigenvalue weighted by Crippen LogP contribution is -1.93. The average Bonchev–Trinajstić information content (AvgIpc) is 2.70. The Balaban J connectivity index is 2.14. The Morgan fingerprint density at radius 1 is 1.71 bits per heavy atom. The highest BCUT2D eigenvalue weighted by molar-refractivity contribution is 9.18. The molecule has 1 aromatic heterocycles. The minimum Gasteiger partial charge on any atom is -0.477 e. The molecule has 1 N–H and O–H groups in total. The number of carboxylic acid groups (broad SMARTS) is 1. The van der Waals surface area contributed by atoms with Crippen molar-refractivity contribution in [1.29, 1.82) is 0 Å². The van der Waals surface area contributed by atoms with E-state index in [2.05, 4.69) is 21.1 Å². The van der Waals surface area contributed by atoms with Gasteiger partial charge in [-0.05, 0) is 28.1 Å². The first-order valence-corrected chi connectivity index (χ1v) is 5.49. The second kappa shape index (κ2) is 3.70. The number of carboxylic acids is 1. The second-order valence-corrected chi connectivity index (χ2v) is 4.80. The van der Waals surface area contributed by atoms with Gasteiger partial charge < -0.3 is 9.94 Å². The molecular weight excluding hydrogens is 270 g/mol. The maximum Gasteiger partial charge on any atom is 0.345 e. The molecule has 0 aromatic carbocycles. The van der Waals surface area contributed by atoms with Crippen LogP contribution in [0.4, 0.5) is 0 Å². The Morgan fingerprint density at radius 2 is 2.50 bits per heavy atom. The van der Waals surface area contributed by atoms with Crippen molar-refractivity contribution in [3.05, 3.63) is 21.9 Å². The molecule has 0 aliphatic carbocycles. The molecule has 14 heavy (non-hydrogen) atoms. The third kappa shape index (κ3) is 1.80. The third-order valence-corrected chi connectivity index (χ3v) is 3.42. The summed E-state index contributed by atoms with van der Waals surface area (Å²) in [7, 11) is 0. The van der Waals surface area contributed by atoms with Gasteiger partial charge in [0.05, 0.1) is 0 Å². The minimum absolute atomic E-state index is 0.137. The van der Waals surface area contributed by atoms with Gasteiger partial charge in [-0.1, -0.05) is 5.16 Å². The molecule has 0 saturated heterocycles. The molecule has 2 rings (SSSR count).